The number of carbonyl (C=O) groups excluding carboxylic acids is 1. The highest BCUT2D eigenvalue weighted by Crippen LogP contribution is 2.24. The summed E-state index contributed by atoms with van der Waals surface area (Å²) in [4.78, 5) is 27.3. The Balaban J connectivity index is 2.53. The molecule has 1 aromatic heterocycles. The van der Waals surface area contributed by atoms with Crippen molar-refractivity contribution in [1.82, 2.24) is 10.3 Å². The van der Waals surface area contributed by atoms with E-state index >= 15 is 0 Å². The van der Waals surface area contributed by atoms with Crippen LogP contribution in [0.15, 0.2) is 18.5 Å². The Kier molecular flexibility index (Phi) is 5.45. The van der Waals surface area contributed by atoms with Crippen LogP contribution in [0.1, 0.15) is 20.8 Å². The van der Waals surface area contributed by atoms with Crippen LogP contribution < -0.4 is 10.2 Å². The van der Waals surface area contributed by atoms with Crippen LogP contribution in [-0.2, 0) is 4.74 Å². The number of alkyl carbamates (subject to hydrolysis) is 1. The van der Waals surface area contributed by atoms with Crippen molar-refractivity contribution in [2.45, 2.75) is 26.4 Å². The monoisotopic (exact) mass is 296 g/mol. The van der Waals surface area contributed by atoms with Gasteiger partial charge in [-0.25, -0.2) is 4.79 Å². The average Bonchev–Trinajstić information content (AvgIpc) is 2.36. The number of nitro groups is 1. The van der Waals surface area contributed by atoms with Crippen molar-refractivity contribution in [3.05, 3.63) is 28.6 Å². The van der Waals surface area contributed by atoms with E-state index in [1.807, 2.05) is 0 Å². The summed E-state index contributed by atoms with van der Waals surface area (Å²) in [6.07, 6.45) is 2.17. The van der Waals surface area contributed by atoms with Gasteiger partial charge in [0.05, 0.1) is 4.92 Å². The highest BCUT2D eigenvalue weighted by atomic mass is 16.6. The predicted octanol–water partition coefficient (Wildman–Crippen LogP) is 1.95. The summed E-state index contributed by atoms with van der Waals surface area (Å²) in [5, 5.41) is 13.5. The zero-order valence-corrected chi connectivity index (χ0v) is 12.6. The molecule has 0 fully saturated rings. The van der Waals surface area contributed by atoms with Gasteiger partial charge in [0.2, 0.25) is 0 Å². The van der Waals surface area contributed by atoms with E-state index in [-0.39, 0.29) is 5.69 Å². The lowest BCUT2D eigenvalue weighted by atomic mass is 10.2. The summed E-state index contributed by atoms with van der Waals surface area (Å²) in [7, 11) is 1.71. The number of hydrogen-bond acceptors (Lipinski definition) is 6. The summed E-state index contributed by atoms with van der Waals surface area (Å²) in [6, 6.07) is 1.56. The number of aromatic nitrogens is 1. The number of pyridine rings is 1. The minimum atomic E-state index is -0.556. The van der Waals surface area contributed by atoms with Crippen LogP contribution in [0.4, 0.5) is 16.2 Å². The number of anilines is 1. The van der Waals surface area contributed by atoms with Crippen LogP contribution in [0.2, 0.25) is 0 Å². The number of nitrogens with one attached hydrogen (secondary N) is 1. The molecule has 0 aliphatic rings. The number of amides is 1. The molecular weight excluding hydrogens is 276 g/mol. The van der Waals surface area contributed by atoms with Crippen LogP contribution in [0.5, 0.6) is 0 Å². The maximum Gasteiger partial charge on any atom is 0.407 e. The van der Waals surface area contributed by atoms with Gasteiger partial charge in [-0.15, -0.1) is 0 Å². The SMILES string of the molecule is CN(CCNC(=O)OC(C)(C)C)c1ccncc1[N+](=O)[O-]. The maximum absolute atomic E-state index is 11.5. The molecule has 116 valence electrons. The smallest absolute Gasteiger partial charge is 0.407 e. The van der Waals surface area contributed by atoms with Gasteiger partial charge in [-0.2, -0.15) is 0 Å². The van der Waals surface area contributed by atoms with Gasteiger partial charge in [0.15, 0.2) is 0 Å². The van der Waals surface area contributed by atoms with Gasteiger partial charge in [-0.05, 0) is 26.8 Å². The van der Waals surface area contributed by atoms with E-state index in [2.05, 4.69) is 10.3 Å². The molecule has 8 nitrogen and oxygen atoms in total. The van der Waals surface area contributed by atoms with E-state index in [1.165, 1.54) is 12.4 Å². The fourth-order valence-corrected chi connectivity index (χ4v) is 1.60. The van der Waals surface area contributed by atoms with Crippen molar-refractivity contribution >= 4 is 17.5 Å². The lowest BCUT2D eigenvalue weighted by Gasteiger charge is -2.21. The molecule has 0 atom stereocenters. The van der Waals surface area contributed by atoms with Crippen LogP contribution in [0, 0.1) is 10.1 Å². The van der Waals surface area contributed by atoms with E-state index < -0.39 is 16.6 Å². The fourth-order valence-electron chi connectivity index (χ4n) is 1.60. The van der Waals surface area contributed by atoms with Crippen molar-refractivity contribution < 1.29 is 14.5 Å². The topological polar surface area (TPSA) is 97.6 Å². The van der Waals surface area contributed by atoms with Gasteiger partial charge in [-0.3, -0.25) is 15.1 Å². The van der Waals surface area contributed by atoms with E-state index in [0.29, 0.717) is 18.8 Å². The first-order chi connectivity index (χ1) is 9.70. The molecule has 1 N–H and O–H groups in total. The zero-order valence-electron chi connectivity index (χ0n) is 12.6. The van der Waals surface area contributed by atoms with Gasteiger partial charge < -0.3 is 15.0 Å². The van der Waals surface area contributed by atoms with E-state index in [9.17, 15) is 14.9 Å². The predicted molar refractivity (Wildman–Crippen MR) is 78.4 cm³/mol. The summed E-state index contributed by atoms with van der Waals surface area (Å²) < 4.78 is 5.10. The van der Waals surface area contributed by atoms with Gasteiger partial charge >= 0.3 is 11.8 Å². The third-order valence-corrected chi connectivity index (χ3v) is 2.50. The molecule has 0 aromatic carbocycles. The van der Waals surface area contributed by atoms with Crippen molar-refractivity contribution in [3.63, 3.8) is 0 Å². The molecule has 8 heteroatoms. The average molecular weight is 296 g/mol. The molecule has 0 radical (unpaired) electrons. The minimum absolute atomic E-state index is 0.0720. The van der Waals surface area contributed by atoms with Gasteiger partial charge in [0.1, 0.15) is 17.5 Å². The quantitative estimate of drug-likeness (QED) is 0.658. The van der Waals surface area contributed by atoms with Crippen molar-refractivity contribution in [1.29, 1.82) is 0 Å². The summed E-state index contributed by atoms with van der Waals surface area (Å²) in [5.74, 6) is 0. The lowest BCUT2D eigenvalue weighted by Crippen LogP contribution is -2.37. The summed E-state index contributed by atoms with van der Waals surface area (Å²) >= 11 is 0. The first-order valence-corrected chi connectivity index (χ1v) is 6.47. The van der Waals surface area contributed by atoms with E-state index in [4.69, 9.17) is 4.74 Å². The number of nitrogens with zero attached hydrogens (tertiary/aromatic N) is 3. The van der Waals surface area contributed by atoms with E-state index in [1.54, 1.807) is 38.8 Å². The molecule has 0 unspecified atom stereocenters. The largest absolute Gasteiger partial charge is 0.444 e. The molecule has 21 heavy (non-hydrogen) atoms. The van der Waals surface area contributed by atoms with Crippen LogP contribution in [0.25, 0.3) is 0 Å². The minimum Gasteiger partial charge on any atom is -0.444 e. The number of carbonyl (C=O) groups is 1. The normalized spacial score (nSPS) is 10.9. The molecule has 0 saturated carbocycles. The van der Waals surface area contributed by atoms with Gasteiger partial charge in [0.25, 0.3) is 0 Å². The highest BCUT2D eigenvalue weighted by molar-refractivity contribution is 5.67. The third kappa shape index (κ3) is 5.64. The number of ether oxygens (including phenoxy) is 1. The van der Waals surface area contributed by atoms with Crippen molar-refractivity contribution in [3.8, 4) is 0 Å². The lowest BCUT2D eigenvalue weighted by molar-refractivity contribution is -0.384. The number of rotatable bonds is 5. The molecule has 0 saturated heterocycles. The standard InChI is InChI=1S/C13H20N4O4/c1-13(2,3)21-12(18)15-7-8-16(4)10-5-6-14-9-11(10)17(19)20/h5-6,9H,7-8H2,1-4H3,(H,15,18). The Bertz CT molecular complexity index is 513. The first kappa shape index (κ1) is 16.7. The molecular formula is C13H20N4O4. The Morgan fingerprint density at radius 3 is 2.76 bits per heavy atom. The molecule has 1 rings (SSSR count). The third-order valence-electron chi connectivity index (χ3n) is 2.50. The zero-order chi connectivity index (χ0) is 16.0. The molecule has 1 heterocycles. The first-order valence-electron chi connectivity index (χ1n) is 6.47. The van der Waals surface area contributed by atoms with Crippen LogP contribution >= 0.6 is 0 Å². The Hall–Kier alpha value is -2.38. The van der Waals surface area contributed by atoms with Crippen LogP contribution in [0.3, 0.4) is 0 Å². The number of hydrogen-bond donors (Lipinski definition) is 1. The summed E-state index contributed by atoms with van der Waals surface area (Å²) in [6.45, 7) is 6.05. The molecule has 1 amide bonds. The highest BCUT2D eigenvalue weighted by Gasteiger charge is 2.18. The van der Waals surface area contributed by atoms with Crippen molar-refractivity contribution in [2.75, 3.05) is 25.0 Å². The second kappa shape index (κ2) is 6.87. The Labute approximate surface area is 123 Å². The second-order valence-corrected chi connectivity index (χ2v) is 5.47. The fraction of sp³-hybridized carbons (Fsp3) is 0.538. The Morgan fingerprint density at radius 1 is 1.52 bits per heavy atom. The molecule has 0 aliphatic carbocycles. The number of likely N-dealkylation sites (N-methyl/N-ethyl adjacent to an activating group) is 1. The maximum atomic E-state index is 11.5. The van der Waals surface area contributed by atoms with E-state index in [0.717, 1.165) is 0 Å². The van der Waals surface area contributed by atoms with Gasteiger partial charge in [0, 0.05) is 26.3 Å². The van der Waals surface area contributed by atoms with Crippen LogP contribution in [-0.4, -0.2) is 41.7 Å². The van der Waals surface area contributed by atoms with Gasteiger partial charge in [-0.1, -0.05) is 0 Å². The second-order valence-electron chi connectivity index (χ2n) is 5.47. The molecule has 0 aliphatic heterocycles. The Morgan fingerprint density at radius 2 is 2.19 bits per heavy atom. The summed E-state index contributed by atoms with van der Waals surface area (Å²) in [5.41, 5.74) is -0.182. The van der Waals surface area contributed by atoms with Crippen molar-refractivity contribution in [2.24, 2.45) is 0 Å². The molecule has 0 bridgehead atoms. The molecule has 1 aromatic rings. The molecule has 0 spiro atoms.